The van der Waals surface area contributed by atoms with Crippen molar-refractivity contribution in [2.45, 2.75) is 6.54 Å². The third-order valence-electron chi connectivity index (χ3n) is 2.73. The number of halogens is 2. The number of rotatable bonds is 6. The maximum absolute atomic E-state index is 13.5. The SMILES string of the molecule is NC(=O)COc1cccc(NCc2cccc(F)c2F)c1. The molecule has 110 valence electrons. The van der Waals surface area contributed by atoms with Gasteiger partial charge in [0.15, 0.2) is 18.2 Å². The molecule has 0 aliphatic carbocycles. The molecule has 2 rings (SSSR count). The highest BCUT2D eigenvalue weighted by atomic mass is 19.2. The smallest absolute Gasteiger partial charge is 0.255 e. The second kappa shape index (κ2) is 6.69. The molecule has 0 saturated heterocycles. The molecule has 0 heterocycles. The number of hydrogen-bond donors (Lipinski definition) is 2. The molecule has 0 spiro atoms. The highest BCUT2D eigenvalue weighted by molar-refractivity contribution is 5.75. The number of nitrogens with one attached hydrogen (secondary N) is 1. The molecular formula is C15H14F2N2O2. The van der Waals surface area contributed by atoms with Crippen molar-refractivity contribution in [2.24, 2.45) is 5.73 Å². The van der Waals surface area contributed by atoms with Gasteiger partial charge in [0.2, 0.25) is 0 Å². The lowest BCUT2D eigenvalue weighted by molar-refractivity contribution is -0.119. The van der Waals surface area contributed by atoms with Crippen LogP contribution >= 0.6 is 0 Å². The highest BCUT2D eigenvalue weighted by Crippen LogP contribution is 2.19. The minimum Gasteiger partial charge on any atom is -0.484 e. The maximum Gasteiger partial charge on any atom is 0.255 e. The van der Waals surface area contributed by atoms with Gasteiger partial charge in [0.05, 0.1) is 0 Å². The van der Waals surface area contributed by atoms with Crippen LogP contribution in [-0.2, 0) is 11.3 Å². The summed E-state index contributed by atoms with van der Waals surface area (Å²) in [6.45, 7) is -0.0924. The first kappa shape index (κ1) is 14.8. The van der Waals surface area contributed by atoms with E-state index < -0.39 is 17.5 Å². The molecule has 0 bridgehead atoms. The van der Waals surface area contributed by atoms with E-state index in [2.05, 4.69) is 5.32 Å². The Kier molecular flexibility index (Phi) is 4.71. The number of anilines is 1. The molecular weight excluding hydrogens is 278 g/mol. The quantitative estimate of drug-likeness (QED) is 0.859. The molecule has 2 aromatic rings. The summed E-state index contributed by atoms with van der Waals surface area (Å²) in [5, 5.41) is 2.95. The number of carbonyl (C=O) groups excluding carboxylic acids is 1. The van der Waals surface area contributed by atoms with Crippen LogP contribution in [0.3, 0.4) is 0 Å². The highest BCUT2D eigenvalue weighted by Gasteiger charge is 2.07. The van der Waals surface area contributed by atoms with Crippen LogP contribution in [0.15, 0.2) is 42.5 Å². The molecule has 0 aliphatic rings. The Morgan fingerprint density at radius 3 is 2.71 bits per heavy atom. The molecule has 6 heteroatoms. The first-order valence-corrected chi connectivity index (χ1v) is 6.24. The van der Waals surface area contributed by atoms with Gasteiger partial charge in [-0.2, -0.15) is 0 Å². The summed E-state index contributed by atoms with van der Waals surface area (Å²) in [6, 6.07) is 10.8. The number of hydrogen-bond acceptors (Lipinski definition) is 3. The second-order valence-electron chi connectivity index (χ2n) is 4.35. The normalized spacial score (nSPS) is 10.2. The van der Waals surface area contributed by atoms with Crippen LogP contribution in [-0.4, -0.2) is 12.5 Å². The molecule has 0 atom stereocenters. The molecule has 4 nitrogen and oxygen atoms in total. The minimum absolute atomic E-state index is 0.128. The van der Waals surface area contributed by atoms with Crippen LogP contribution in [0.2, 0.25) is 0 Å². The van der Waals surface area contributed by atoms with Crippen molar-refractivity contribution in [1.29, 1.82) is 0 Å². The van der Waals surface area contributed by atoms with Crippen LogP contribution in [0, 0.1) is 11.6 Å². The van der Waals surface area contributed by atoms with E-state index in [1.54, 1.807) is 24.3 Å². The molecule has 0 fully saturated rings. The summed E-state index contributed by atoms with van der Waals surface area (Å²) in [6.07, 6.45) is 0. The number of benzene rings is 2. The van der Waals surface area contributed by atoms with Gasteiger partial charge in [-0.05, 0) is 18.2 Å². The van der Waals surface area contributed by atoms with Gasteiger partial charge < -0.3 is 15.8 Å². The standard InChI is InChI=1S/C15H14F2N2O2/c16-13-6-1-3-10(15(13)17)8-19-11-4-2-5-12(7-11)21-9-14(18)20/h1-7,19H,8-9H2,(H2,18,20). The number of ether oxygens (including phenoxy) is 1. The molecule has 1 amide bonds. The van der Waals surface area contributed by atoms with Gasteiger partial charge in [-0.15, -0.1) is 0 Å². The van der Waals surface area contributed by atoms with Crippen molar-refractivity contribution in [3.05, 3.63) is 59.7 Å². The van der Waals surface area contributed by atoms with E-state index in [9.17, 15) is 13.6 Å². The fraction of sp³-hybridized carbons (Fsp3) is 0.133. The van der Waals surface area contributed by atoms with Crippen LogP contribution in [0.5, 0.6) is 5.75 Å². The zero-order valence-electron chi connectivity index (χ0n) is 11.1. The zero-order valence-corrected chi connectivity index (χ0v) is 11.1. The van der Waals surface area contributed by atoms with E-state index in [1.807, 2.05) is 0 Å². The van der Waals surface area contributed by atoms with E-state index in [-0.39, 0.29) is 18.7 Å². The van der Waals surface area contributed by atoms with E-state index in [1.165, 1.54) is 12.1 Å². The lowest BCUT2D eigenvalue weighted by Crippen LogP contribution is -2.20. The molecule has 0 unspecified atom stereocenters. The lowest BCUT2D eigenvalue weighted by atomic mass is 10.2. The Morgan fingerprint density at radius 1 is 1.19 bits per heavy atom. The predicted octanol–water partition coefficient (Wildman–Crippen LogP) is 2.44. The van der Waals surface area contributed by atoms with Crippen LogP contribution < -0.4 is 15.8 Å². The molecule has 0 saturated carbocycles. The Labute approximate surface area is 120 Å². The Morgan fingerprint density at radius 2 is 1.95 bits per heavy atom. The maximum atomic E-state index is 13.5. The molecule has 0 radical (unpaired) electrons. The fourth-order valence-corrected chi connectivity index (χ4v) is 1.73. The third kappa shape index (κ3) is 4.17. The van der Waals surface area contributed by atoms with Gasteiger partial charge in [-0.3, -0.25) is 4.79 Å². The average molecular weight is 292 g/mol. The van der Waals surface area contributed by atoms with E-state index in [4.69, 9.17) is 10.5 Å². The number of amides is 1. The van der Waals surface area contributed by atoms with Crippen molar-refractivity contribution in [1.82, 2.24) is 0 Å². The zero-order chi connectivity index (χ0) is 15.2. The fourth-order valence-electron chi connectivity index (χ4n) is 1.73. The number of carbonyl (C=O) groups is 1. The number of primary amides is 1. The van der Waals surface area contributed by atoms with Gasteiger partial charge in [0.25, 0.3) is 5.91 Å². The van der Waals surface area contributed by atoms with Crippen LogP contribution in [0.1, 0.15) is 5.56 Å². The average Bonchev–Trinajstić information content (AvgIpc) is 2.47. The van der Waals surface area contributed by atoms with Crippen molar-refractivity contribution in [3.8, 4) is 5.75 Å². The largest absolute Gasteiger partial charge is 0.484 e. The summed E-state index contributed by atoms with van der Waals surface area (Å²) in [4.78, 5) is 10.6. The Bertz CT molecular complexity index is 647. The van der Waals surface area contributed by atoms with Gasteiger partial charge in [0, 0.05) is 23.9 Å². The second-order valence-corrected chi connectivity index (χ2v) is 4.35. The molecule has 0 aliphatic heterocycles. The van der Waals surface area contributed by atoms with Crippen LogP contribution in [0.4, 0.5) is 14.5 Å². The van der Waals surface area contributed by atoms with Crippen molar-refractivity contribution < 1.29 is 18.3 Å². The molecule has 2 aromatic carbocycles. The van der Waals surface area contributed by atoms with Gasteiger partial charge >= 0.3 is 0 Å². The van der Waals surface area contributed by atoms with Crippen LogP contribution in [0.25, 0.3) is 0 Å². The monoisotopic (exact) mass is 292 g/mol. The molecule has 3 N–H and O–H groups in total. The summed E-state index contributed by atoms with van der Waals surface area (Å²) < 4.78 is 31.7. The van der Waals surface area contributed by atoms with Gasteiger partial charge in [-0.1, -0.05) is 18.2 Å². The third-order valence-corrected chi connectivity index (χ3v) is 2.73. The minimum atomic E-state index is -0.882. The van der Waals surface area contributed by atoms with Crippen molar-refractivity contribution in [2.75, 3.05) is 11.9 Å². The van der Waals surface area contributed by atoms with E-state index >= 15 is 0 Å². The van der Waals surface area contributed by atoms with Crippen molar-refractivity contribution >= 4 is 11.6 Å². The van der Waals surface area contributed by atoms with Gasteiger partial charge in [-0.25, -0.2) is 8.78 Å². The predicted molar refractivity (Wildman–Crippen MR) is 74.8 cm³/mol. The first-order chi connectivity index (χ1) is 10.1. The van der Waals surface area contributed by atoms with Gasteiger partial charge in [0.1, 0.15) is 5.75 Å². The summed E-state index contributed by atoms with van der Waals surface area (Å²) >= 11 is 0. The van der Waals surface area contributed by atoms with Crippen molar-refractivity contribution in [3.63, 3.8) is 0 Å². The Balaban J connectivity index is 2.01. The first-order valence-electron chi connectivity index (χ1n) is 6.24. The molecule has 21 heavy (non-hydrogen) atoms. The summed E-state index contributed by atoms with van der Waals surface area (Å²) in [5.74, 6) is -1.87. The van der Waals surface area contributed by atoms with E-state index in [0.29, 0.717) is 11.4 Å². The summed E-state index contributed by atoms with van der Waals surface area (Å²) in [7, 11) is 0. The van der Waals surface area contributed by atoms with E-state index in [0.717, 1.165) is 6.07 Å². The molecule has 0 aromatic heterocycles. The topological polar surface area (TPSA) is 64.4 Å². The Hall–Kier alpha value is -2.63. The lowest BCUT2D eigenvalue weighted by Gasteiger charge is -2.10. The summed E-state index contributed by atoms with van der Waals surface area (Å²) in [5.41, 5.74) is 5.86. The number of nitrogens with two attached hydrogens (primary N) is 1.